The number of nitrogens with one attached hydrogen (secondary N) is 1. The summed E-state index contributed by atoms with van der Waals surface area (Å²) in [6.07, 6.45) is 0. The van der Waals surface area contributed by atoms with E-state index in [1.165, 1.54) is 0 Å². The first-order chi connectivity index (χ1) is 6.20. The lowest BCUT2D eigenvalue weighted by Crippen LogP contribution is -1.97. The van der Waals surface area contributed by atoms with Crippen molar-refractivity contribution < 1.29 is 9.90 Å². The van der Waals surface area contributed by atoms with Crippen molar-refractivity contribution in [2.24, 2.45) is 0 Å². The molecule has 0 aliphatic rings. The molecule has 3 heteroatoms. The van der Waals surface area contributed by atoms with Gasteiger partial charge in [0.05, 0.1) is 0 Å². The molecule has 0 saturated carbocycles. The number of carbonyl (C=O) groups is 1. The molecule has 0 saturated heterocycles. The van der Waals surface area contributed by atoms with Crippen molar-refractivity contribution >= 4 is 16.9 Å². The SMILES string of the molecule is [CH]c1c(C(=O)O)[nH]c2ccccc12. The zero-order chi connectivity index (χ0) is 9.42. The zero-order valence-electron chi connectivity index (χ0n) is 6.74. The third-order valence-electron chi connectivity index (χ3n) is 1.96. The molecule has 2 N–H and O–H groups in total. The second-order valence-corrected chi connectivity index (χ2v) is 2.76. The van der Waals surface area contributed by atoms with E-state index in [9.17, 15) is 4.79 Å². The fourth-order valence-electron chi connectivity index (χ4n) is 1.33. The average Bonchev–Trinajstić information content (AvgIpc) is 2.45. The molecule has 0 aliphatic heterocycles. The van der Waals surface area contributed by atoms with Crippen molar-refractivity contribution in [3.05, 3.63) is 42.4 Å². The molecule has 1 aromatic heterocycles. The Bertz CT molecular complexity index is 471. The molecule has 64 valence electrons. The molecular weight excluding hydrogens is 166 g/mol. The van der Waals surface area contributed by atoms with Gasteiger partial charge < -0.3 is 10.1 Å². The Labute approximate surface area is 75.0 Å². The normalized spacial score (nSPS) is 10.5. The number of rotatable bonds is 1. The Morgan fingerprint density at radius 3 is 2.69 bits per heavy atom. The Kier molecular flexibility index (Phi) is 1.59. The molecule has 1 aromatic carbocycles. The maximum atomic E-state index is 10.7. The van der Waals surface area contributed by atoms with E-state index in [1.807, 2.05) is 12.1 Å². The number of fused-ring (bicyclic) bond motifs is 1. The van der Waals surface area contributed by atoms with Crippen LogP contribution in [0.1, 0.15) is 16.1 Å². The van der Waals surface area contributed by atoms with Crippen molar-refractivity contribution in [2.45, 2.75) is 0 Å². The summed E-state index contributed by atoms with van der Waals surface area (Å²) in [4.78, 5) is 13.4. The van der Waals surface area contributed by atoms with E-state index in [4.69, 9.17) is 12.0 Å². The minimum Gasteiger partial charge on any atom is -0.477 e. The van der Waals surface area contributed by atoms with Gasteiger partial charge >= 0.3 is 5.97 Å². The maximum absolute atomic E-state index is 10.7. The lowest BCUT2D eigenvalue weighted by atomic mass is 10.1. The average molecular weight is 173 g/mol. The topological polar surface area (TPSA) is 53.1 Å². The van der Waals surface area contributed by atoms with Gasteiger partial charge in [0.25, 0.3) is 0 Å². The third kappa shape index (κ3) is 1.09. The fourth-order valence-corrected chi connectivity index (χ4v) is 1.33. The van der Waals surface area contributed by atoms with E-state index >= 15 is 0 Å². The molecule has 0 aliphatic carbocycles. The molecule has 0 amide bonds. The molecule has 3 nitrogen and oxygen atoms in total. The number of aromatic carboxylic acids is 1. The molecule has 0 unspecified atom stereocenters. The number of carboxylic acid groups (broad SMARTS) is 1. The van der Waals surface area contributed by atoms with Gasteiger partial charge in [0.2, 0.25) is 0 Å². The van der Waals surface area contributed by atoms with Gasteiger partial charge in [-0.2, -0.15) is 0 Å². The van der Waals surface area contributed by atoms with Crippen LogP contribution in [0.4, 0.5) is 0 Å². The molecule has 2 radical (unpaired) electrons. The number of hydrogen-bond donors (Lipinski definition) is 2. The largest absolute Gasteiger partial charge is 0.477 e. The van der Waals surface area contributed by atoms with Crippen LogP contribution in [0.3, 0.4) is 0 Å². The van der Waals surface area contributed by atoms with Crippen molar-refractivity contribution in [3.8, 4) is 0 Å². The second kappa shape index (κ2) is 2.62. The minimum absolute atomic E-state index is 0.0567. The summed E-state index contributed by atoms with van der Waals surface area (Å²) in [6.45, 7) is 5.63. The van der Waals surface area contributed by atoms with Crippen LogP contribution in [-0.4, -0.2) is 16.1 Å². The molecule has 0 spiro atoms. The van der Waals surface area contributed by atoms with Gasteiger partial charge in [0.1, 0.15) is 5.69 Å². The van der Waals surface area contributed by atoms with E-state index in [0.717, 1.165) is 10.9 Å². The van der Waals surface area contributed by atoms with E-state index < -0.39 is 5.97 Å². The molecule has 0 atom stereocenters. The summed E-state index contributed by atoms with van der Waals surface area (Å²) < 4.78 is 0. The highest BCUT2D eigenvalue weighted by Gasteiger charge is 2.12. The van der Waals surface area contributed by atoms with Gasteiger partial charge in [-0.25, -0.2) is 4.79 Å². The summed E-state index contributed by atoms with van der Waals surface area (Å²) in [6, 6.07) is 7.22. The van der Waals surface area contributed by atoms with Gasteiger partial charge in [0.15, 0.2) is 0 Å². The van der Waals surface area contributed by atoms with Crippen molar-refractivity contribution in [1.29, 1.82) is 0 Å². The van der Waals surface area contributed by atoms with Crippen LogP contribution in [-0.2, 0) is 0 Å². The smallest absolute Gasteiger partial charge is 0.352 e. The lowest BCUT2D eigenvalue weighted by Gasteiger charge is -1.89. The van der Waals surface area contributed by atoms with Gasteiger partial charge in [-0.3, -0.25) is 0 Å². The van der Waals surface area contributed by atoms with Crippen molar-refractivity contribution in [3.63, 3.8) is 0 Å². The minimum atomic E-state index is -1.03. The zero-order valence-corrected chi connectivity index (χ0v) is 6.74. The first kappa shape index (κ1) is 7.86. The number of hydrogen-bond acceptors (Lipinski definition) is 1. The van der Waals surface area contributed by atoms with Crippen LogP contribution in [0.15, 0.2) is 24.3 Å². The summed E-state index contributed by atoms with van der Waals surface area (Å²) in [5.41, 5.74) is 1.10. The van der Waals surface area contributed by atoms with Crippen molar-refractivity contribution in [2.75, 3.05) is 0 Å². The van der Waals surface area contributed by atoms with Crippen LogP contribution >= 0.6 is 0 Å². The number of aromatic amines is 1. The Morgan fingerprint density at radius 2 is 2.08 bits per heavy atom. The van der Waals surface area contributed by atoms with Gasteiger partial charge in [-0.1, -0.05) is 18.2 Å². The molecule has 2 aromatic rings. The fraction of sp³-hybridized carbons (Fsp3) is 0. The van der Waals surface area contributed by atoms with E-state index in [-0.39, 0.29) is 5.69 Å². The number of H-pyrrole nitrogens is 1. The molecular formula is C10H7NO2. The number of benzene rings is 1. The molecule has 13 heavy (non-hydrogen) atoms. The first-order valence-electron chi connectivity index (χ1n) is 3.79. The number of carboxylic acids is 1. The summed E-state index contributed by atoms with van der Waals surface area (Å²) in [7, 11) is 0. The highest BCUT2D eigenvalue weighted by atomic mass is 16.4. The third-order valence-corrected chi connectivity index (χ3v) is 1.96. The maximum Gasteiger partial charge on any atom is 0.352 e. The van der Waals surface area contributed by atoms with Crippen LogP contribution in [0.5, 0.6) is 0 Å². The van der Waals surface area contributed by atoms with E-state index in [1.54, 1.807) is 12.1 Å². The highest BCUT2D eigenvalue weighted by molar-refractivity contribution is 5.97. The monoisotopic (exact) mass is 173 g/mol. The second-order valence-electron chi connectivity index (χ2n) is 2.76. The summed E-state index contributed by atoms with van der Waals surface area (Å²) >= 11 is 0. The predicted octanol–water partition coefficient (Wildman–Crippen LogP) is 1.93. The molecule has 2 rings (SSSR count). The Morgan fingerprint density at radius 1 is 1.38 bits per heavy atom. The lowest BCUT2D eigenvalue weighted by molar-refractivity contribution is 0.0691. The molecule has 0 bridgehead atoms. The van der Waals surface area contributed by atoms with Gasteiger partial charge in [-0.05, 0) is 11.6 Å². The number of aromatic nitrogens is 1. The molecule has 1 heterocycles. The quantitative estimate of drug-likeness (QED) is 0.692. The van der Waals surface area contributed by atoms with Crippen LogP contribution in [0.2, 0.25) is 0 Å². The van der Waals surface area contributed by atoms with Crippen LogP contribution in [0, 0.1) is 6.92 Å². The van der Waals surface area contributed by atoms with Crippen LogP contribution < -0.4 is 0 Å². The van der Waals surface area contributed by atoms with Crippen LogP contribution in [0.25, 0.3) is 10.9 Å². The Balaban J connectivity index is 2.81. The first-order valence-corrected chi connectivity index (χ1v) is 3.79. The standard InChI is InChI=1S/C10H7NO2/c1-6-7-4-2-3-5-8(7)11-9(6)10(12)13/h1-5,11H,(H,12,13). The van der Waals surface area contributed by atoms with Gasteiger partial charge in [-0.15, -0.1) is 0 Å². The predicted molar refractivity (Wildman–Crippen MR) is 48.7 cm³/mol. The van der Waals surface area contributed by atoms with Gasteiger partial charge in [0, 0.05) is 17.8 Å². The summed E-state index contributed by atoms with van der Waals surface area (Å²) in [5.74, 6) is -1.03. The molecule has 0 fully saturated rings. The Hall–Kier alpha value is -1.77. The van der Waals surface area contributed by atoms with Crippen molar-refractivity contribution in [1.82, 2.24) is 4.98 Å². The van der Waals surface area contributed by atoms with E-state index in [0.29, 0.717) is 5.56 Å². The number of para-hydroxylation sites is 1. The summed E-state index contributed by atoms with van der Waals surface area (Å²) in [5, 5.41) is 9.51. The van der Waals surface area contributed by atoms with E-state index in [2.05, 4.69) is 4.98 Å². The highest BCUT2D eigenvalue weighted by Crippen LogP contribution is 2.20.